The molecule has 0 bridgehead atoms. The van der Waals surface area contributed by atoms with Gasteiger partial charge in [-0.1, -0.05) is 51.8 Å². The van der Waals surface area contributed by atoms with Crippen molar-refractivity contribution in [2.45, 2.75) is 36.8 Å². The van der Waals surface area contributed by atoms with Crippen molar-refractivity contribution >= 4 is 38.4 Å². The summed E-state index contributed by atoms with van der Waals surface area (Å²) in [6.07, 6.45) is 1.76. The van der Waals surface area contributed by atoms with Crippen LogP contribution in [-0.4, -0.2) is 35.4 Å². The summed E-state index contributed by atoms with van der Waals surface area (Å²) in [6, 6.07) is 22.2. The van der Waals surface area contributed by atoms with Gasteiger partial charge in [-0.2, -0.15) is 0 Å². The van der Waals surface area contributed by atoms with Crippen molar-refractivity contribution in [3.05, 3.63) is 105 Å². The minimum absolute atomic E-state index is 0.0255. The topological polar surface area (TPSA) is 54.4 Å². The van der Waals surface area contributed by atoms with Crippen LogP contribution in [0.2, 0.25) is 5.02 Å². The number of pyridine rings is 1. The number of piperidine rings is 1. The Bertz CT molecular complexity index is 1370. The van der Waals surface area contributed by atoms with Crippen molar-refractivity contribution in [2.24, 2.45) is 0 Å². The molecule has 0 radical (unpaired) electrons. The lowest BCUT2D eigenvalue weighted by molar-refractivity contribution is -0.0191. The molecule has 186 valence electrons. The Morgan fingerprint density at radius 1 is 1.14 bits per heavy atom. The number of nitrogens with one attached hydrogen (secondary N) is 1. The van der Waals surface area contributed by atoms with Gasteiger partial charge in [-0.05, 0) is 85.5 Å². The van der Waals surface area contributed by atoms with Crippen LogP contribution >= 0.6 is 27.5 Å². The van der Waals surface area contributed by atoms with E-state index in [1.54, 1.807) is 19.2 Å². The molecule has 3 aromatic carbocycles. The van der Waals surface area contributed by atoms with Gasteiger partial charge in [0, 0.05) is 32.4 Å². The first-order valence-electron chi connectivity index (χ1n) is 11.9. The minimum atomic E-state index is -1.07. The normalized spacial score (nSPS) is 20.9. The summed E-state index contributed by atoms with van der Waals surface area (Å²) in [6.45, 7) is 0.654. The van der Waals surface area contributed by atoms with E-state index in [1.807, 2.05) is 42.5 Å². The molecule has 7 heteroatoms. The fourth-order valence-corrected chi connectivity index (χ4v) is 5.86. The third-order valence-electron chi connectivity index (χ3n) is 7.00. The van der Waals surface area contributed by atoms with Crippen LogP contribution in [0.3, 0.4) is 0 Å². The van der Waals surface area contributed by atoms with Gasteiger partial charge in [-0.3, -0.25) is 0 Å². The van der Waals surface area contributed by atoms with Crippen molar-refractivity contribution in [2.75, 3.05) is 13.7 Å². The highest BCUT2D eigenvalue weighted by Crippen LogP contribution is 2.45. The van der Waals surface area contributed by atoms with Gasteiger partial charge in [0.2, 0.25) is 5.88 Å². The SMILES string of the molecule is COc1nc2ccc(Br)cc2cc1C(c1ccc(Cl)cc1)C1(O)CCNC(Cc2ccc(F)cc2)C1. The molecule has 36 heavy (non-hydrogen) atoms. The molecule has 2 heterocycles. The summed E-state index contributed by atoms with van der Waals surface area (Å²) in [5, 5.41) is 17.5. The Hall–Kier alpha value is -2.51. The van der Waals surface area contributed by atoms with E-state index in [0.29, 0.717) is 36.7 Å². The molecule has 1 saturated heterocycles. The maximum Gasteiger partial charge on any atom is 0.217 e. The van der Waals surface area contributed by atoms with E-state index in [9.17, 15) is 9.50 Å². The van der Waals surface area contributed by atoms with Gasteiger partial charge in [0.25, 0.3) is 0 Å². The molecule has 2 N–H and O–H groups in total. The molecule has 3 unspecified atom stereocenters. The number of ether oxygens (including phenoxy) is 1. The second kappa shape index (κ2) is 10.5. The summed E-state index contributed by atoms with van der Waals surface area (Å²) < 4.78 is 20.1. The highest BCUT2D eigenvalue weighted by atomic mass is 79.9. The Labute approximate surface area is 223 Å². The maximum absolute atomic E-state index is 13.4. The number of benzene rings is 3. The molecule has 1 aliphatic rings. The Kier molecular flexibility index (Phi) is 7.31. The third-order valence-corrected chi connectivity index (χ3v) is 7.75. The van der Waals surface area contributed by atoms with Crippen LogP contribution in [0, 0.1) is 5.82 Å². The van der Waals surface area contributed by atoms with E-state index in [4.69, 9.17) is 21.3 Å². The molecule has 4 nitrogen and oxygen atoms in total. The summed E-state index contributed by atoms with van der Waals surface area (Å²) >= 11 is 9.78. The van der Waals surface area contributed by atoms with Crippen molar-refractivity contribution in [1.82, 2.24) is 10.3 Å². The van der Waals surface area contributed by atoms with E-state index in [0.717, 1.165) is 32.1 Å². The smallest absolute Gasteiger partial charge is 0.217 e. The van der Waals surface area contributed by atoms with Gasteiger partial charge in [-0.15, -0.1) is 0 Å². The largest absolute Gasteiger partial charge is 0.481 e. The Morgan fingerprint density at radius 2 is 1.89 bits per heavy atom. The molecule has 1 aliphatic heterocycles. The van der Waals surface area contributed by atoms with Crippen LogP contribution in [0.15, 0.2) is 77.3 Å². The first-order chi connectivity index (χ1) is 17.3. The molecule has 0 aliphatic carbocycles. The molecule has 5 rings (SSSR count). The van der Waals surface area contributed by atoms with Crippen LogP contribution in [-0.2, 0) is 6.42 Å². The zero-order valence-corrected chi connectivity index (χ0v) is 22.2. The van der Waals surface area contributed by atoms with E-state index >= 15 is 0 Å². The summed E-state index contributed by atoms with van der Waals surface area (Å²) in [5.41, 5.74) is 2.54. The Balaban J connectivity index is 1.58. The van der Waals surface area contributed by atoms with Crippen LogP contribution in [0.25, 0.3) is 10.9 Å². The first-order valence-corrected chi connectivity index (χ1v) is 13.1. The number of fused-ring (bicyclic) bond motifs is 1. The van der Waals surface area contributed by atoms with Crippen molar-refractivity contribution in [3.63, 3.8) is 0 Å². The summed E-state index contributed by atoms with van der Waals surface area (Å²) in [5.74, 6) is -0.151. The van der Waals surface area contributed by atoms with E-state index in [1.165, 1.54) is 12.1 Å². The molecule has 3 atom stereocenters. The number of rotatable bonds is 6. The molecule has 1 fully saturated rings. The van der Waals surface area contributed by atoms with E-state index in [-0.39, 0.29) is 11.9 Å². The molecule has 4 aromatic rings. The van der Waals surface area contributed by atoms with Gasteiger partial charge in [0.05, 0.1) is 18.2 Å². The van der Waals surface area contributed by atoms with Crippen LogP contribution in [0.1, 0.15) is 35.4 Å². The van der Waals surface area contributed by atoms with Gasteiger partial charge in [0.15, 0.2) is 0 Å². The third kappa shape index (κ3) is 5.28. The number of methoxy groups -OCH3 is 1. The van der Waals surface area contributed by atoms with E-state index in [2.05, 4.69) is 27.3 Å². The lowest BCUT2D eigenvalue weighted by Crippen LogP contribution is -2.52. The highest BCUT2D eigenvalue weighted by Gasteiger charge is 2.44. The fourth-order valence-electron chi connectivity index (χ4n) is 5.36. The number of nitrogens with zero attached hydrogens (tertiary/aromatic N) is 1. The zero-order chi connectivity index (χ0) is 25.3. The molecule has 1 aromatic heterocycles. The zero-order valence-electron chi connectivity index (χ0n) is 19.8. The average molecular weight is 570 g/mol. The molecular formula is C29H27BrClFN2O2. The van der Waals surface area contributed by atoms with Crippen molar-refractivity contribution in [1.29, 1.82) is 0 Å². The fraction of sp³-hybridized carbons (Fsp3) is 0.276. The van der Waals surface area contributed by atoms with Gasteiger partial charge < -0.3 is 15.2 Å². The minimum Gasteiger partial charge on any atom is -0.481 e. The molecule has 0 spiro atoms. The predicted molar refractivity (Wildman–Crippen MR) is 145 cm³/mol. The van der Waals surface area contributed by atoms with Crippen molar-refractivity contribution in [3.8, 4) is 5.88 Å². The van der Waals surface area contributed by atoms with Gasteiger partial charge >= 0.3 is 0 Å². The Morgan fingerprint density at radius 3 is 2.61 bits per heavy atom. The first kappa shape index (κ1) is 25.2. The van der Waals surface area contributed by atoms with Gasteiger partial charge in [-0.25, -0.2) is 9.37 Å². The monoisotopic (exact) mass is 568 g/mol. The number of halogens is 3. The number of aliphatic hydroxyl groups is 1. The van der Waals surface area contributed by atoms with Gasteiger partial charge in [0.1, 0.15) is 5.82 Å². The lowest BCUT2D eigenvalue weighted by atomic mass is 9.70. The summed E-state index contributed by atoms with van der Waals surface area (Å²) in [7, 11) is 1.61. The molecule has 0 saturated carbocycles. The standard InChI is InChI=1S/C29H27BrClFN2O2/c1-36-28-25(16-20-15-21(30)6-11-26(20)34-28)27(19-4-7-22(31)8-5-19)29(35)12-13-33-24(17-29)14-18-2-9-23(32)10-3-18/h2-11,15-16,24,27,33,35H,12-14,17H2,1H3. The second-order valence-electron chi connectivity index (χ2n) is 9.45. The number of hydrogen-bond acceptors (Lipinski definition) is 4. The maximum atomic E-state index is 13.4. The lowest BCUT2D eigenvalue weighted by Gasteiger charge is -2.43. The number of hydrogen-bond donors (Lipinski definition) is 2. The van der Waals surface area contributed by atoms with E-state index < -0.39 is 11.5 Å². The quantitative estimate of drug-likeness (QED) is 0.273. The highest BCUT2D eigenvalue weighted by molar-refractivity contribution is 9.10. The number of aromatic nitrogens is 1. The van der Waals surface area contributed by atoms with Crippen molar-refractivity contribution < 1.29 is 14.2 Å². The van der Waals surface area contributed by atoms with Crippen LogP contribution in [0.4, 0.5) is 4.39 Å². The molecule has 0 amide bonds. The predicted octanol–water partition coefficient (Wildman–Crippen LogP) is 6.66. The average Bonchev–Trinajstić information content (AvgIpc) is 2.86. The molecular weight excluding hydrogens is 543 g/mol. The second-order valence-corrected chi connectivity index (χ2v) is 10.8. The summed E-state index contributed by atoms with van der Waals surface area (Å²) in [4.78, 5) is 4.79. The van der Waals surface area contributed by atoms with Crippen LogP contribution in [0.5, 0.6) is 5.88 Å². The van der Waals surface area contributed by atoms with Crippen LogP contribution < -0.4 is 10.1 Å².